The summed E-state index contributed by atoms with van der Waals surface area (Å²) >= 11 is 0. The lowest BCUT2D eigenvalue weighted by atomic mass is 9.73. The Labute approximate surface area is 180 Å². The molecule has 2 aromatic rings. The second kappa shape index (κ2) is 11.0. The molecular formula is C25H35N3O2. The molecule has 0 aromatic heterocycles. The number of aliphatic imine (C=N–C) groups is 1. The first-order valence-electron chi connectivity index (χ1n) is 10.9. The monoisotopic (exact) mass is 409 g/mol. The molecule has 1 aliphatic rings. The van der Waals surface area contributed by atoms with Crippen LogP contribution in [0.5, 0.6) is 5.75 Å². The van der Waals surface area contributed by atoms with Crippen LogP contribution in [0.4, 0.5) is 0 Å². The average Bonchev–Trinajstić information content (AvgIpc) is 2.80. The van der Waals surface area contributed by atoms with Crippen molar-refractivity contribution in [1.29, 1.82) is 0 Å². The van der Waals surface area contributed by atoms with E-state index in [4.69, 9.17) is 9.47 Å². The van der Waals surface area contributed by atoms with Crippen molar-refractivity contribution in [2.24, 2.45) is 4.99 Å². The van der Waals surface area contributed by atoms with Crippen LogP contribution in [0.25, 0.3) is 0 Å². The SMILES string of the molecule is CN=C(NCCCc1ccccc1)NCC1(c2cc(C)ccc2OC)CCOCC1. The first-order valence-corrected chi connectivity index (χ1v) is 10.9. The highest BCUT2D eigenvalue weighted by atomic mass is 16.5. The number of hydrogen-bond acceptors (Lipinski definition) is 3. The van der Waals surface area contributed by atoms with Crippen LogP contribution in [0.2, 0.25) is 0 Å². The van der Waals surface area contributed by atoms with E-state index in [-0.39, 0.29) is 5.41 Å². The Morgan fingerprint density at radius 3 is 2.57 bits per heavy atom. The van der Waals surface area contributed by atoms with E-state index in [2.05, 4.69) is 71.1 Å². The van der Waals surface area contributed by atoms with Gasteiger partial charge < -0.3 is 20.1 Å². The van der Waals surface area contributed by atoms with E-state index in [1.54, 1.807) is 7.11 Å². The van der Waals surface area contributed by atoms with E-state index in [1.807, 2.05) is 7.05 Å². The molecule has 5 heteroatoms. The normalized spacial score (nSPS) is 16.2. The average molecular weight is 410 g/mol. The van der Waals surface area contributed by atoms with Gasteiger partial charge in [0.25, 0.3) is 0 Å². The molecule has 0 saturated carbocycles. The molecule has 162 valence electrons. The van der Waals surface area contributed by atoms with E-state index in [1.165, 1.54) is 16.7 Å². The number of rotatable bonds is 8. The van der Waals surface area contributed by atoms with Gasteiger partial charge in [-0.3, -0.25) is 4.99 Å². The Bertz CT molecular complexity index is 814. The molecule has 0 unspecified atom stereocenters. The summed E-state index contributed by atoms with van der Waals surface area (Å²) in [4.78, 5) is 4.43. The predicted molar refractivity (Wildman–Crippen MR) is 124 cm³/mol. The van der Waals surface area contributed by atoms with Crippen molar-refractivity contribution in [3.63, 3.8) is 0 Å². The fourth-order valence-corrected chi connectivity index (χ4v) is 4.16. The maximum Gasteiger partial charge on any atom is 0.191 e. The Kier molecular flexibility index (Phi) is 8.14. The number of methoxy groups -OCH3 is 1. The van der Waals surface area contributed by atoms with E-state index < -0.39 is 0 Å². The molecule has 0 radical (unpaired) electrons. The van der Waals surface area contributed by atoms with E-state index in [9.17, 15) is 0 Å². The predicted octanol–water partition coefficient (Wildman–Crippen LogP) is 3.85. The van der Waals surface area contributed by atoms with Gasteiger partial charge in [0.15, 0.2) is 5.96 Å². The number of hydrogen-bond donors (Lipinski definition) is 2. The highest BCUT2D eigenvalue weighted by Gasteiger charge is 2.37. The zero-order chi connectivity index (χ0) is 21.2. The lowest BCUT2D eigenvalue weighted by Crippen LogP contribution is -2.48. The number of ether oxygens (including phenoxy) is 2. The van der Waals surface area contributed by atoms with Gasteiger partial charge in [-0.15, -0.1) is 0 Å². The van der Waals surface area contributed by atoms with Crippen LogP contribution in [0, 0.1) is 6.92 Å². The van der Waals surface area contributed by atoms with E-state index in [0.717, 1.165) is 63.7 Å². The molecule has 1 heterocycles. The number of benzene rings is 2. The number of nitrogens with zero attached hydrogens (tertiary/aromatic N) is 1. The van der Waals surface area contributed by atoms with Crippen LogP contribution in [-0.2, 0) is 16.6 Å². The van der Waals surface area contributed by atoms with Gasteiger partial charge in [-0.1, -0.05) is 48.0 Å². The summed E-state index contributed by atoms with van der Waals surface area (Å²) in [5.41, 5.74) is 3.85. The molecule has 5 nitrogen and oxygen atoms in total. The topological polar surface area (TPSA) is 54.9 Å². The van der Waals surface area contributed by atoms with E-state index in [0.29, 0.717) is 0 Å². The van der Waals surface area contributed by atoms with Crippen molar-refractivity contribution in [2.75, 3.05) is 40.5 Å². The standard InChI is InChI=1S/C25H35N3O2/c1-20-11-12-23(29-3)22(18-20)25(13-16-30-17-14-25)19-28-24(26-2)27-15-7-10-21-8-5-4-6-9-21/h4-6,8-9,11-12,18H,7,10,13-17,19H2,1-3H3,(H2,26,27,28). The Morgan fingerprint density at radius 2 is 1.87 bits per heavy atom. The summed E-state index contributed by atoms with van der Waals surface area (Å²) in [5, 5.41) is 7.04. The molecule has 0 spiro atoms. The van der Waals surface area contributed by atoms with Gasteiger partial charge in [-0.25, -0.2) is 0 Å². The summed E-state index contributed by atoms with van der Waals surface area (Å²) in [6.45, 7) is 5.35. The molecular weight excluding hydrogens is 374 g/mol. The number of nitrogens with one attached hydrogen (secondary N) is 2. The molecule has 2 N–H and O–H groups in total. The van der Waals surface area contributed by atoms with Gasteiger partial charge in [-0.2, -0.15) is 0 Å². The maximum absolute atomic E-state index is 5.72. The molecule has 1 aliphatic heterocycles. The minimum absolute atomic E-state index is 0.0305. The Balaban J connectivity index is 1.61. The number of aryl methyl sites for hydroxylation is 2. The fourth-order valence-electron chi connectivity index (χ4n) is 4.16. The summed E-state index contributed by atoms with van der Waals surface area (Å²) in [6, 6.07) is 17.1. The second-order valence-electron chi connectivity index (χ2n) is 8.04. The number of guanidine groups is 1. The highest BCUT2D eigenvalue weighted by Crippen LogP contribution is 2.40. The molecule has 1 saturated heterocycles. The van der Waals surface area contributed by atoms with Crippen LogP contribution < -0.4 is 15.4 Å². The van der Waals surface area contributed by atoms with Gasteiger partial charge in [0.2, 0.25) is 0 Å². The van der Waals surface area contributed by atoms with Gasteiger partial charge in [0, 0.05) is 44.3 Å². The molecule has 0 amide bonds. The van der Waals surface area contributed by atoms with E-state index >= 15 is 0 Å². The summed E-state index contributed by atoms with van der Waals surface area (Å²) in [5.74, 6) is 1.80. The van der Waals surface area contributed by atoms with Gasteiger partial charge >= 0.3 is 0 Å². The smallest absolute Gasteiger partial charge is 0.191 e. The quantitative estimate of drug-likeness (QED) is 0.395. The lowest BCUT2D eigenvalue weighted by Gasteiger charge is -2.39. The molecule has 0 aliphatic carbocycles. The minimum Gasteiger partial charge on any atom is -0.496 e. The van der Waals surface area contributed by atoms with Gasteiger partial charge in [-0.05, 0) is 44.2 Å². The van der Waals surface area contributed by atoms with Crippen molar-refractivity contribution in [1.82, 2.24) is 10.6 Å². The molecule has 1 fully saturated rings. The summed E-state index contributed by atoms with van der Waals surface area (Å²) < 4.78 is 11.4. The Morgan fingerprint density at radius 1 is 1.10 bits per heavy atom. The van der Waals surface area contributed by atoms with Gasteiger partial charge in [0.1, 0.15) is 5.75 Å². The van der Waals surface area contributed by atoms with Crippen LogP contribution >= 0.6 is 0 Å². The zero-order valence-electron chi connectivity index (χ0n) is 18.5. The first kappa shape index (κ1) is 22.2. The van der Waals surface area contributed by atoms with Crippen LogP contribution in [0.15, 0.2) is 53.5 Å². The largest absolute Gasteiger partial charge is 0.496 e. The molecule has 0 atom stereocenters. The molecule has 3 rings (SSSR count). The maximum atomic E-state index is 5.72. The van der Waals surface area contributed by atoms with Gasteiger partial charge in [0.05, 0.1) is 7.11 Å². The van der Waals surface area contributed by atoms with Crippen molar-refractivity contribution >= 4 is 5.96 Å². The van der Waals surface area contributed by atoms with Crippen molar-refractivity contribution in [3.8, 4) is 5.75 Å². The van der Waals surface area contributed by atoms with Crippen LogP contribution in [0.1, 0.15) is 36.0 Å². The third kappa shape index (κ3) is 5.76. The zero-order valence-corrected chi connectivity index (χ0v) is 18.5. The minimum atomic E-state index is -0.0305. The van der Waals surface area contributed by atoms with Crippen LogP contribution in [-0.4, -0.2) is 46.4 Å². The van der Waals surface area contributed by atoms with Crippen molar-refractivity contribution in [3.05, 3.63) is 65.2 Å². The third-order valence-corrected chi connectivity index (χ3v) is 5.97. The third-order valence-electron chi connectivity index (χ3n) is 5.97. The lowest BCUT2D eigenvalue weighted by molar-refractivity contribution is 0.0505. The summed E-state index contributed by atoms with van der Waals surface area (Å²) in [7, 11) is 3.58. The summed E-state index contributed by atoms with van der Waals surface area (Å²) in [6.07, 6.45) is 4.05. The second-order valence-corrected chi connectivity index (χ2v) is 8.04. The Hall–Kier alpha value is -2.53. The van der Waals surface area contributed by atoms with Crippen LogP contribution in [0.3, 0.4) is 0 Å². The molecule has 2 aromatic carbocycles. The van der Waals surface area contributed by atoms with Crippen molar-refractivity contribution in [2.45, 2.75) is 38.0 Å². The first-order chi connectivity index (χ1) is 14.7. The van der Waals surface area contributed by atoms with Crippen molar-refractivity contribution < 1.29 is 9.47 Å². The fraction of sp³-hybridized carbons (Fsp3) is 0.480. The highest BCUT2D eigenvalue weighted by molar-refractivity contribution is 5.79. The molecule has 30 heavy (non-hydrogen) atoms. The molecule has 0 bridgehead atoms.